The molecule has 0 aliphatic carbocycles. The van der Waals surface area contributed by atoms with Crippen LogP contribution in [0.5, 0.6) is 0 Å². The standard InChI is InChI=1S/C17H33N3O/c1-13(2)9-14(11-18)10-17(21)20-8-6-16-15(12-20)5-4-7-19(16)3/h13-16H,4-12,18H2,1-3H3. The number of rotatable bonds is 5. The van der Waals surface area contributed by atoms with Crippen LogP contribution in [0.3, 0.4) is 0 Å². The molecular formula is C17H33N3O. The molecule has 0 bridgehead atoms. The Labute approximate surface area is 130 Å². The predicted octanol–water partition coefficient (Wildman–Crippen LogP) is 1.94. The number of amides is 1. The van der Waals surface area contributed by atoms with Crippen LogP contribution in [0, 0.1) is 17.8 Å². The molecule has 3 unspecified atom stereocenters. The van der Waals surface area contributed by atoms with Crippen LogP contribution in [0.1, 0.15) is 46.0 Å². The lowest BCUT2D eigenvalue weighted by atomic mass is 9.84. The third-order valence-corrected chi connectivity index (χ3v) is 5.30. The van der Waals surface area contributed by atoms with E-state index in [4.69, 9.17) is 5.73 Å². The van der Waals surface area contributed by atoms with E-state index in [0.717, 1.165) is 25.9 Å². The molecule has 0 aromatic heterocycles. The lowest BCUT2D eigenvalue weighted by Gasteiger charge is -2.46. The van der Waals surface area contributed by atoms with E-state index in [1.54, 1.807) is 0 Å². The topological polar surface area (TPSA) is 49.6 Å². The fourth-order valence-corrected chi connectivity index (χ4v) is 4.18. The molecule has 2 aliphatic heterocycles. The second-order valence-corrected chi connectivity index (χ2v) is 7.51. The molecule has 0 radical (unpaired) electrons. The van der Waals surface area contributed by atoms with Crippen LogP contribution in [-0.4, -0.2) is 55.0 Å². The number of carbonyl (C=O) groups is 1. The van der Waals surface area contributed by atoms with Gasteiger partial charge in [0.15, 0.2) is 0 Å². The van der Waals surface area contributed by atoms with Gasteiger partial charge in [0, 0.05) is 25.6 Å². The SMILES string of the molecule is CC(C)CC(CN)CC(=O)N1CCC2C(CCCN2C)C1. The molecular weight excluding hydrogens is 262 g/mol. The van der Waals surface area contributed by atoms with Crippen molar-refractivity contribution in [3.8, 4) is 0 Å². The highest BCUT2D eigenvalue weighted by Gasteiger charge is 2.35. The zero-order valence-electron chi connectivity index (χ0n) is 14.1. The van der Waals surface area contributed by atoms with Crippen molar-refractivity contribution in [1.29, 1.82) is 0 Å². The maximum absolute atomic E-state index is 12.6. The second-order valence-electron chi connectivity index (χ2n) is 7.51. The maximum Gasteiger partial charge on any atom is 0.222 e. The van der Waals surface area contributed by atoms with Crippen LogP contribution in [0.25, 0.3) is 0 Å². The molecule has 2 aliphatic rings. The highest BCUT2D eigenvalue weighted by Crippen LogP contribution is 2.30. The summed E-state index contributed by atoms with van der Waals surface area (Å²) in [5.74, 6) is 1.98. The Morgan fingerprint density at radius 1 is 1.29 bits per heavy atom. The lowest BCUT2D eigenvalue weighted by Crippen LogP contribution is -2.54. The Hall–Kier alpha value is -0.610. The monoisotopic (exact) mass is 295 g/mol. The van der Waals surface area contributed by atoms with E-state index in [9.17, 15) is 4.79 Å². The Kier molecular flexibility index (Phi) is 6.06. The zero-order chi connectivity index (χ0) is 15.4. The van der Waals surface area contributed by atoms with Crippen LogP contribution in [-0.2, 0) is 4.79 Å². The van der Waals surface area contributed by atoms with Crippen molar-refractivity contribution >= 4 is 5.91 Å². The van der Waals surface area contributed by atoms with Gasteiger partial charge in [-0.1, -0.05) is 13.8 Å². The normalized spacial score (nSPS) is 28.5. The minimum atomic E-state index is 0.331. The number of likely N-dealkylation sites (tertiary alicyclic amines) is 2. The second kappa shape index (κ2) is 7.59. The van der Waals surface area contributed by atoms with Crippen molar-refractivity contribution in [1.82, 2.24) is 9.80 Å². The van der Waals surface area contributed by atoms with Gasteiger partial charge in [-0.05, 0) is 63.6 Å². The summed E-state index contributed by atoms with van der Waals surface area (Å²) in [5.41, 5.74) is 5.85. The van der Waals surface area contributed by atoms with Crippen molar-refractivity contribution in [2.24, 2.45) is 23.5 Å². The molecule has 2 rings (SSSR count). The van der Waals surface area contributed by atoms with Crippen molar-refractivity contribution in [3.05, 3.63) is 0 Å². The molecule has 3 atom stereocenters. The summed E-state index contributed by atoms with van der Waals surface area (Å²) in [6.07, 6.45) is 5.40. The minimum Gasteiger partial charge on any atom is -0.342 e. The van der Waals surface area contributed by atoms with E-state index in [1.165, 1.54) is 19.4 Å². The number of hydrogen-bond donors (Lipinski definition) is 1. The van der Waals surface area contributed by atoms with Crippen LogP contribution in [0.15, 0.2) is 0 Å². The number of carbonyl (C=O) groups excluding carboxylic acids is 1. The summed E-state index contributed by atoms with van der Waals surface area (Å²) >= 11 is 0. The van der Waals surface area contributed by atoms with Gasteiger partial charge in [0.25, 0.3) is 0 Å². The van der Waals surface area contributed by atoms with Gasteiger partial charge >= 0.3 is 0 Å². The first-order valence-corrected chi connectivity index (χ1v) is 8.69. The fraction of sp³-hybridized carbons (Fsp3) is 0.941. The average Bonchev–Trinajstić information content (AvgIpc) is 2.45. The summed E-state index contributed by atoms with van der Waals surface area (Å²) in [6, 6.07) is 0.698. The molecule has 0 aromatic carbocycles. The van der Waals surface area contributed by atoms with Crippen LogP contribution < -0.4 is 5.73 Å². The fourth-order valence-electron chi connectivity index (χ4n) is 4.18. The summed E-state index contributed by atoms with van der Waals surface area (Å²) in [5, 5.41) is 0. The third-order valence-electron chi connectivity index (χ3n) is 5.30. The predicted molar refractivity (Wildman–Crippen MR) is 87.0 cm³/mol. The van der Waals surface area contributed by atoms with E-state index in [2.05, 4.69) is 30.7 Å². The number of fused-ring (bicyclic) bond motifs is 1. The largest absolute Gasteiger partial charge is 0.342 e. The third kappa shape index (κ3) is 4.43. The Morgan fingerprint density at radius 2 is 2.05 bits per heavy atom. The van der Waals surface area contributed by atoms with Gasteiger partial charge in [0.2, 0.25) is 5.91 Å². The van der Waals surface area contributed by atoms with Gasteiger partial charge < -0.3 is 15.5 Å². The Bertz CT molecular complexity index is 345. The molecule has 21 heavy (non-hydrogen) atoms. The highest BCUT2D eigenvalue weighted by atomic mass is 16.2. The van der Waals surface area contributed by atoms with Gasteiger partial charge in [0.05, 0.1) is 0 Å². The number of hydrogen-bond acceptors (Lipinski definition) is 3. The zero-order valence-corrected chi connectivity index (χ0v) is 14.1. The number of nitrogens with two attached hydrogens (primary N) is 1. The van der Waals surface area contributed by atoms with E-state index in [0.29, 0.717) is 42.7 Å². The van der Waals surface area contributed by atoms with Gasteiger partial charge in [-0.3, -0.25) is 4.79 Å². The van der Waals surface area contributed by atoms with E-state index >= 15 is 0 Å². The highest BCUT2D eigenvalue weighted by molar-refractivity contribution is 5.76. The molecule has 2 saturated heterocycles. The van der Waals surface area contributed by atoms with Gasteiger partial charge in [-0.15, -0.1) is 0 Å². The summed E-state index contributed by atoms with van der Waals surface area (Å²) in [6.45, 7) is 8.16. The molecule has 0 saturated carbocycles. The molecule has 4 nitrogen and oxygen atoms in total. The molecule has 2 heterocycles. The van der Waals surface area contributed by atoms with E-state index < -0.39 is 0 Å². The first-order valence-electron chi connectivity index (χ1n) is 8.69. The summed E-state index contributed by atoms with van der Waals surface area (Å²) < 4.78 is 0. The Balaban J connectivity index is 1.86. The first-order chi connectivity index (χ1) is 10.0. The summed E-state index contributed by atoms with van der Waals surface area (Å²) in [7, 11) is 2.24. The van der Waals surface area contributed by atoms with E-state index in [-0.39, 0.29) is 0 Å². The summed E-state index contributed by atoms with van der Waals surface area (Å²) in [4.78, 5) is 17.2. The molecule has 1 amide bonds. The average molecular weight is 295 g/mol. The van der Waals surface area contributed by atoms with Crippen molar-refractivity contribution in [3.63, 3.8) is 0 Å². The van der Waals surface area contributed by atoms with E-state index in [1.807, 2.05) is 0 Å². The molecule has 0 spiro atoms. The maximum atomic E-state index is 12.6. The first kappa shape index (κ1) is 16.8. The van der Waals surface area contributed by atoms with Gasteiger partial charge in [-0.25, -0.2) is 0 Å². The molecule has 2 N–H and O–H groups in total. The minimum absolute atomic E-state index is 0.331. The molecule has 0 aromatic rings. The lowest BCUT2D eigenvalue weighted by molar-refractivity contribution is -0.135. The van der Waals surface area contributed by atoms with Crippen LogP contribution in [0.2, 0.25) is 0 Å². The molecule has 2 fully saturated rings. The van der Waals surface area contributed by atoms with Gasteiger partial charge in [0.1, 0.15) is 0 Å². The van der Waals surface area contributed by atoms with Crippen LogP contribution in [0.4, 0.5) is 0 Å². The quantitative estimate of drug-likeness (QED) is 0.843. The van der Waals surface area contributed by atoms with Crippen LogP contribution >= 0.6 is 0 Å². The Morgan fingerprint density at radius 3 is 2.71 bits per heavy atom. The molecule has 122 valence electrons. The molecule has 4 heteroatoms. The number of nitrogens with zero attached hydrogens (tertiary/aromatic N) is 2. The number of piperidine rings is 2. The smallest absolute Gasteiger partial charge is 0.222 e. The van der Waals surface area contributed by atoms with Crippen molar-refractivity contribution in [2.45, 2.75) is 52.0 Å². The van der Waals surface area contributed by atoms with Crippen molar-refractivity contribution < 1.29 is 4.79 Å². The van der Waals surface area contributed by atoms with Crippen molar-refractivity contribution in [2.75, 3.05) is 33.2 Å². The van der Waals surface area contributed by atoms with Gasteiger partial charge in [-0.2, -0.15) is 0 Å².